The lowest BCUT2D eigenvalue weighted by Gasteiger charge is -2.28. The van der Waals surface area contributed by atoms with E-state index >= 15 is 0 Å². The molecule has 2 aromatic rings. The maximum absolute atomic E-state index is 8.88. The van der Waals surface area contributed by atoms with Crippen molar-refractivity contribution in [3.63, 3.8) is 0 Å². The third-order valence-electron chi connectivity index (χ3n) is 4.70. The topological polar surface area (TPSA) is 90.2 Å². The largest absolute Gasteiger partial charge is 0.378 e. The van der Waals surface area contributed by atoms with Crippen molar-refractivity contribution in [2.45, 2.75) is 12.5 Å². The van der Waals surface area contributed by atoms with Crippen molar-refractivity contribution in [1.82, 2.24) is 15.0 Å². The zero-order valence-corrected chi connectivity index (χ0v) is 14.5. The minimum absolute atomic E-state index is 0.271. The molecule has 8 nitrogen and oxygen atoms in total. The van der Waals surface area contributed by atoms with Gasteiger partial charge in [-0.1, -0.05) is 0 Å². The van der Waals surface area contributed by atoms with Crippen LogP contribution in [0.5, 0.6) is 0 Å². The summed E-state index contributed by atoms with van der Waals surface area (Å²) in [5, 5.41) is 12.3. The third kappa shape index (κ3) is 3.68. The van der Waals surface area contributed by atoms with Crippen molar-refractivity contribution in [3.05, 3.63) is 36.2 Å². The van der Waals surface area contributed by atoms with E-state index in [1.165, 1.54) is 0 Å². The van der Waals surface area contributed by atoms with Crippen molar-refractivity contribution in [1.29, 1.82) is 5.26 Å². The van der Waals surface area contributed by atoms with Crippen molar-refractivity contribution in [3.8, 4) is 6.07 Å². The first kappa shape index (κ1) is 16.5. The Hall–Kier alpha value is -2.92. The van der Waals surface area contributed by atoms with Gasteiger partial charge in [0.2, 0.25) is 5.95 Å². The van der Waals surface area contributed by atoms with Gasteiger partial charge in [-0.3, -0.25) is 0 Å². The first-order valence-corrected chi connectivity index (χ1v) is 8.85. The van der Waals surface area contributed by atoms with Gasteiger partial charge in [-0.25, -0.2) is 9.97 Å². The first-order valence-electron chi connectivity index (χ1n) is 8.85. The summed E-state index contributed by atoms with van der Waals surface area (Å²) in [6, 6.07) is 8.01. The maximum atomic E-state index is 8.88. The fourth-order valence-corrected chi connectivity index (χ4v) is 3.30. The van der Waals surface area contributed by atoms with E-state index in [0.29, 0.717) is 11.5 Å². The molecule has 2 aliphatic rings. The van der Waals surface area contributed by atoms with Crippen LogP contribution in [0.2, 0.25) is 0 Å². The molecular formula is C18H21N7O. The second-order valence-electron chi connectivity index (χ2n) is 6.43. The Morgan fingerprint density at radius 2 is 1.96 bits per heavy atom. The van der Waals surface area contributed by atoms with E-state index in [0.717, 1.165) is 57.4 Å². The normalized spacial score (nSPS) is 20.0. The summed E-state index contributed by atoms with van der Waals surface area (Å²) in [5.74, 6) is 2.50. The van der Waals surface area contributed by atoms with Gasteiger partial charge in [-0.2, -0.15) is 10.2 Å². The van der Waals surface area contributed by atoms with E-state index in [1.807, 2.05) is 12.1 Å². The SMILES string of the molecule is N#Cc1ccc(N2CCC(Nc3nccc(N4CCOCC4)n3)C2)nc1. The molecule has 4 rings (SSSR count). The predicted octanol–water partition coefficient (Wildman–Crippen LogP) is 1.27. The molecule has 0 radical (unpaired) electrons. The summed E-state index contributed by atoms with van der Waals surface area (Å²) in [7, 11) is 0. The molecule has 2 fully saturated rings. The Kier molecular flexibility index (Phi) is 4.80. The molecule has 134 valence electrons. The number of nitriles is 1. The average Bonchev–Trinajstić information content (AvgIpc) is 3.17. The molecule has 2 aliphatic heterocycles. The highest BCUT2D eigenvalue weighted by Crippen LogP contribution is 2.21. The number of hydrogen-bond donors (Lipinski definition) is 1. The van der Waals surface area contributed by atoms with Crippen LogP contribution in [0.3, 0.4) is 0 Å². The standard InChI is InChI=1S/C18H21N7O/c19-11-14-1-2-16(21-12-14)25-6-4-15(13-25)22-18-20-5-3-17(23-18)24-7-9-26-10-8-24/h1-3,5,12,15H,4,6-10,13H2,(H,20,22,23). The summed E-state index contributed by atoms with van der Waals surface area (Å²) in [5.41, 5.74) is 0.580. The van der Waals surface area contributed by atoms with Gasteiger partial charge in [-0.05, 0) is 24.6 Å². The Labute approximate surface area is 152 Å². The number of rotatable bonds is 4. The van der Waals surface area contributed by atoms with Gasteiger partial charge >= 0.3 is 0 Å². The molecule has 0 aliphatic carbocycles. The van der Waals surface area contributed by atoms with Crippen molar-refractivity contribution in [2.75, 3.05) is 54.5 Å². The average molecular weight is 351 g/mol. The first-order chi connectivity index (χ1) is 12.8. The van der Waals surface area contributed by atoms with Crippen LogP contribution in [0.15, 0.2) is 30.6 Å². The van der Waals surface area contributed by atoms with E-state index in [2.05, 4.69) is 36.1 Å². The zero-order chi connectivity index (χ0) is 17.8. The van der Waals surface area contributed by atoms with Gasteiger partial charge in [0, 0.05) is 44.6 Å². The minimum atomic E-state index is 0.271. The molecule has 8 heteroatoms. The monoisotopic (exact) mass is 351 g/mol. The van der Waals surface area contributed by atoms with Gasteiger partial charge in [0.1, 0.15) is 17.7 Å². The van der Waals surface area contributed by atoms with Gasteiger partial charge in [0.05, 0.1) is 18.8 Å². The van der Waals surface area contributed by atoms with E-state index in [-0.39, 0.29) is 6.04 Å². The number of hydrogen-bond acceptors (Lipinski definition) is 8. The molecule has 4 heterocycles. The van der Waals surface area contributed by atoms with E-state index in [4.69, 9.17) is 10.00 Å². The smallest absolute Gasteiger partial charge is 0.224 e. The Bertz CT molecular complexity index is 783. The lowest BCUT2D eigenvalue weighted by atomic mass is 10.3. The van der Waals surface area contributed by atoms with Gasteiger partial charge < -0.3 is 19.9 Å². The van der Waals surface area contributed by atoms with Crippen LogP contribution < -0.4 is 15.1 Å². The number of nitrogens with zero attached hydrogens (tertiary/aromatic N) is 6. The predicted molar refractivity (Wildman–Crippen MR) is 98.3 cm³/mol. The fraction of sp³-hybridized carbons (Fsp3) is 0.444. The summed E-state index contributed by atoms with van der Waals surface area (Å²) in [6.07, 6.45) is 4.41. The summed E-state index contributed by atoms with van der Waals surface area (Å²) < 4.78 is 5.40. The van der Waals surface area contributed by atoms with Crippen LogP contribution in [0, 0.1) is 11.3 Å². The number of nitrogens with one attached hydrogen (secondary N) is 1. The van der Waals surface area contributed by atoms with Crippen LogP contribution in [-0.2, 0) is 4.74 Å². The minimum Gasteiger partial charge on any atom is -0.378 e. The molecule has 1 N–H and O–H groups in total. The van der Waals surface area contributed by atoms with Gasteiger partial charge in [0.15, 0.2) is 0 Å². The van der Waals surface area contributed by atoms with Crippen molar-refractivity contribution >= 4 is 17.6 Å². The van der Waals surface area contributed by atoms with E-state index in [9.17, 15) is 0 Å². The maximum Gasteiger partial charge on any atom is 0.224 e. The highest BCUT2D eigenvalue weighted by molar-refractivity contribution is 5.46. The second kappa shape index (κ2) is 7.54. The number of anilines is 3. The molecule has 0 saturated carbocycles. The van der Waals surface area contributed by atoms with Crippen LogP contribution in [-0.4, -0.2) is 60.4 Å². The van der Waals surface area contributed by atoms with Gasteiger partial charge in [0.25, 0.3) is 0 Å². The quantitative estimate of drug-likeness (QED) is 0.881. The molecule has 2 saturated heterocycles. The molecule has 1 atom stereocenters. The second-order valence-corrected chi connectivity index (χ2v) is 6.43. The summed E-state index contributed by atoms with van der Waals surface area (Å²) in [4.78, 5) is 17.8. The number of ether oxygens (including phenoxy) is 1. The van der Waals surface area contributed by atoms with Crippen LogP contribution in [0.4, 0.5) is 17.6 Å². The molecule has 0 aromatic carbocycles. The zero-order valence-electron chi connectivity index (χ0n) is 14.5. The van der Waals surface area contributed by atoms with Crippen molar-refractivity contribution < 1.29 is 4.74 Å². The highest BCUT2D eigenvalue weighted by atomic mass is 16.5. The van der Waals surface area contributed by atoms with Crippen molar-refractivity contribution in [2.24, 2.45) is 0 Å². The molecular weight excluding hydrogens is 330 g/mol. The van der Waals surface area contributed by atoms with E-state index in [1.54, 1.807) is 18.5 Å². The Balaban J connectivity index is 1.38. The molecule has 0 amide bonds. The summed E-state index contributed by atoms with van der Waals surface area (Å²) in [6.45, 7) is 4.95. The number of aromatic nitrogens is 3. The molecule has 0 bridgehead atoms. The third-order valence-corrected chi connectivity index (χ3v) is 4.70. The summed E-state index contributed by atoms with van der Waals surface area (Å²) >= 11 is 0. The number of pyridine rings is 1. The molecule has 1 unspecified atom stereocenters. The fourth-order valence-electron chi connectivity index (χ4n) is 3.30. The Morgan fingerprint density at radius 1 is 1.08 bits per heavy atom. The highest BCUT2D eigenvalue weighted by Gasteiger charge is 2.24. The molecule has 0 spiro atoms. The van der Waals surface area contributed by atoms with Crippen LogP contribution in [0.1, 0.15) is 12.0 Å². The lowest BCUT2D eigenvalue weighted by Crippen LogP contribution is -2.37. The van der Waals surface area contributed by atoms with Crippen LogP contribution in [0.25, 0.3) is 0 Å². The molecule has 2 aromatic heterocycles. The number of morpholine rings is 1. The van der Waals surface area contributed by atoms with Gasteiger partial charge in [-0.15, -0.1) is 0 Å². The van der Waals surface area contributed by atoms with E-state index < -0.39 is 0 Å². The molecule has 26 heavy (non-hydrogen) atoms. The lowest BCUT2D eigenvalue weighted by molar-refractivity contribution is 0.122. The Morgan fingerprint density at radius 3 is 2.73 bits per heavy atom. The van der Waals surface area contributed by atoms with Crippen LogP contribution >= 0.6 is 0 Å².